The van der Waals surface area contributed by atoms with Crippen LogP contribution in [0.5, 0.6) is 0 Å². The molecule has 118 valence electrons. The number of fused-ring (bicyclic) bond motifs is 1. The van der Waals surface area contributed by atoms with Gasteiger partial charge in [0.2, 0.25) is 0 Å². The van der Waals surface area contributed by atoms with Crippen LogP contribution >= 0.6 is 11.3 Å². The Morgan fingerprint density at radius 2 is 2.05 bits per heavy atom. The molecular weight excluding hydrogens is 284 g/mol. The van der Waals surface area contributed by atoms with Crippen molar-refractivity contribution in [2.75, 3.05) is 11.9 Å². The van der Waals surface area contributed by atoms with Crippen molar-refractivity contribution in [3.8, 4) is 0 Å². The first-order valence-corrected chi connectivity index (χ1v) is 8.68. The number of thiazole rings is 1. The topological polar surface area (TPSA) is 62.2 Å². The fourth-order valence-electron chi connectivity index (χ4n) is 3.18. The fourth-order valence-corrected chi connectivity index (χ4v) is 4.25. The molecule has 0 saturated heterocycles. The van der Waals surface area contributed by atoms with E-state index >= 15 is 0 Å². The molecule has 1 unspecified atom stereocenters. The lowest BCUT2D eigenvalue weighted by molar-refractivity contribution is -0.139. The van der Waals surface area contributed by atoms with E-state index < -0.39 is 11.9 Å². The molecule has 1 aliphatic carbocycles. The van der Waals surface area contributed by atoms with Crippen LogP contribution in [0.4, 0.5) is 5.13 Å². The Kier molecular flexibility index (Phi) is 5.25. The lowest BCUT2D eigenvalue weighted by Gasteiger charge is -2.24. The number of carbonyl (C=O) groups is 1. The zero-order valence-electron chi connectivity index (χ0n) is 13.3. The molecule has 4 nitrogen and oxygen atoms in total. The van der Waals surface area contributed by atoms with Gasteiger partial charge in [0.25, 0.3) is 0 Å². The molecule has 1 heterocycles. The minimum atomic E-state index is -0.741. The quantitative estimate of drug-likeness (QED) is 0.834. The number of aryl methyl sites for hydroxylation is 1. The van der Waals surface area contributed by atoms with Crippen LogP contribution < -0.4 is 5.32 Å². The number of rotatable bonds is 6. The van der Waals surface area contributed by atoms with Gasteiger partial charge >= 0.3 is 5.97 Å². The second kappa shape index (κ2) is 6.77. The van der Waals surface area contributed by atoms with Crippen molar-refractivity contribution in [2.45, 2.75) is 52.9 Å². The largest absolute Gasteiger partial charge is 0.481 e. The lowest BCUT2D eigenvalue weighted by atomic mass is 9.85. The van der Waals surface area contributed by atoms with Crippen LogP contribution in [-0.2, 0) is 11.2 Å². The number of aliphatic carboxylic acids is 1. The second-order valence-electron chi connectivity index (χ2n) is 6.64. The molecule has 0 saturated carbocycles. The number of nitrogens with zero attached hydrogens (tertiary/aromatic N) is 1. The monoisotopic (exact) mass is 310 g/mol. The van der Waals surface area contributed by atoms with Crippen molar-refractivity contribution in [3.05, 3.63) is 10.6 Å². The van der Waals surface area contributed by atoms with Gasteiger partial charge in [-0.05, 0) is 37.0 Å². The molecule has 1 atom stereocenters. The Bertz CT molecular complexity index is 488. The van der Waals surface area contributed by atoms with Gasteiger partial charge in [-0.3, -0.25) is 4.79 Å². The van der Waals surface area contributed by atoms with Crippen molar-refractivity contribution >= 4 is 22.4 Å². The van der Waals surface area contributed by atoms with Crippen LogP contribution in [0.15, 0.2) is 0 Å². The number of aromatic nitrogens is 1. The fraction of sp³-hybridized carbons (Fsp3) is 0.750. The summed E-state index contributed by atoms with van der Waals surface area (Å²) >= 11 is 1.64. The van der Waals surface area contributed by atoms with Crippen molar-refractivity contribution in [2.24, 2.45) is 17.8 Å². The Morgan fingerprint density at radius 3 is 2.62 bits per heavy atom. The molecule has 0 spiro atoms. The third-order valence-electron chi connectivity index (χ3n) is 4.45. The van der Waals surface area contributed by atoms with Gasteiger partial charge in [0.05, 0.1) is 5.69 Å². The van der Waals surface area contributed by atoms with Crippen LogP contribution in [0.1, 0.15) is 57.0 Å². The molecule has 2 rings (SSSR count). The molecular formula is C16H26N2O2S. The lowest BCUT2D eigenvalue weighted by Crippen LogP contribution is -2.24. The Balaban J connectivity index is 2.07. The number of hydrogen-bond acceptors (Lipinski definition) is 4. The van der Waals surface area contributed by atoms with Crippen LogP contribution in [0, 0.1) is 17.8 Å². The van der Waals surface area contributed by atoms with E-state index in [1.54, 1.807) is 11.3 Å². The van der Waals surface area contributed by atoms with Gasteiger partial charge in [-0.1, -0.05) is 27.7 Å². The first-order chi connectivity index (χ1) is 9.90. The molecule has 0 aromatic carbocycles. The van der Waals surface area contributed by atoms with E-state index in [0.29, 0.717) is 24.2 Å². The summed E-state index contributed by atoms with van der Waals surface area (Å²) in [4.78, 5) is 17.0. The van der Waals surface area contributed by atoms with Crippen LogP contribution in [0.25, 0.3) is 0 Å². The molecule has 1 aromatic heterocycles. The van der Waals surface area contributed by atoms with E-state index in [-0.39, 0.29) is 0 Å². The summed E-state index contributed by atoms with van der Waals surface area (Å²) in [7, 11) is 0. The molecule has 1 aromatic rings. The molecule has 0 fully saturated rings. The molecule has 0 radical (unpaired) electrons. The summed E-state index contributed by atoms with van der Waals surface area (Å²) in [5.41, 5.74) is 0.798. The van der Waals surface area contributed by atoms with E-state index in [0.717, 1.165) is 35.1 Å². The summed E-state index contributed by atoms with van der Waals surface area (Å²) in [6.07, 6.45) is 2.63. The average molecular weight is 310 g/mol. The Hall–Kier alpha value is -1.10. The summed E-state index contributed by atoms with van der Waals surface area (Å²) in [5, 5.41) is 13.6. The van der Waals surface area contributed by atoms with Gasteiger partial charge in [0.15, 0.2) is 5.13 Å². The van der Waals surface area contributed by atoms with Gasteiger partial charge in [0, 0.05) is 11.4 Å². The SMILES string of the molecule is CC(C)C(CNc1nc2c(s1)CCCC2C(=O)O)C(C)C. The number of anilines is 1. The van der Waals surface area contributed by atoms with Crippen molar-refractivity contribution in [1.29, 1.82) is 0 Å². The van der Waals surface area contributed by atoms with Crippen LogP contribution in [0.3, 0.4) is 0 Å². The van der Waals surface area contributed by atoms with Crippen molar-refractivity contribution < 1.29 is 9.90 Å². The van der Waals surface area contributed by atoms with E-state index in [2.05, 4.69) is 38.0 Å². The highest BCUT2D eigenvalue weighted by atomic mass is 32.1. The summed E-state index contributed by atoms with van der Waals surface area (Å²) in [6, 6.07) is 0. The van der Waals surface area contributed by atoms with Gasteiger partial charge in [-0.25, -0.2) is 4.98 Å². The molecule has 1 aliphatic rings. The summed E-state index contributed by atoms with van der Waals surface area (Å²) in [5.74, 6) is 0.695. The molecule has 0 amide bonds. The Labute approximate surface area is 131 Å². The first-order valence-electron chi connectivity index (χ1n) is 7.86. The molecule has 2 N–H and O–H groups in total. The van der Waals surface area contributed by atoms with E-state index in [9.17, 15) is 9.90 Å². The van der Waals surface area contributed by atoms with E-state index in [1.165, 1.54) is 0 Å². The predicted molar refractivity (Wildman–Crippen MR) is 87.1 cm³/mol. The minimum absolute atomic E-state index is 0.411. The van der Waals surface area contributed by atoms with Gasteiger partial charge in [0.1, 0.15) is 5.92 Å². The van der Waals surface area contributed by atoms with Gasteiger partial charge in [-0.15, -0.1) is 11.3 Å². The normalized spacial score (nSPS) is 18.3. The van der Waals surface area contributed by atoms with Crippen LogP contribution in [0.2, 0.25) is 0 Å². The maximum Gasteiger partial charge on any atom is 0.312 e. The highest BCUT2D eigenvalue weighted by Crippen LogP contribution is 2.37. The van der Waals surface area contributed by atoms with Crippen LogP contribution in [-0.4, -0.2) is 22.6 Å². The standard InChI is InChI=1S/C16H26N2O2S/c1-9(2)12(10(3)4)8-17-16-18-14-11(15(19)20)6-5-7-13(14)21-16/h9-12H,5-8H2,1-4H3,(H,17,18)(H,19,20). The second-order valence-corrected chi connectivity index (χ2v) is 7.73. The van der Waals surface area contributed by atoms with Gasteiger partial charge in [-0.2, -0.15) is 0 Å². The summed E-state index contributed by atoms with van der Waals surface area (Å²) in [6.45, 7) is 9.90. The summed E-state index contributed by atoms with van der Waals surface area (Å²) < 4.78 is 0. The number of carboxylic acids is 1. The smallest absolute Gasteiger partial charge is 0.312 e. The third-order valence-corrected chi connectivity index (χ3v) is 5.54. The first kappa shape index (κ1) is 16.3. The van der Waals surface area contributed by atoms with E-state index in [1.807, 2.05) is 0 Å². The third kappa shape index (κ3) is 3.76. The number of hydrogen-bond donors (Lipinski definition) is 2. The highest BCUT2D eigenvalue weighted by molar-refractivity contribution is 7.15. The molecule has 21 heavy (non-hydrogen) atoms. The zero-order valence-corrected chi connectivity index (χ0v) is 14.2. The van der Waals surface area contributed by atoms with Gasteiger partial charge < -0.3 is 10.4 Å². The molecule has 0 bridgehead atoms. The average Bonchev–Trinajstić information content (AvgIpc) is 2.80. The zero-order chi connectivity index (χ0) is 15.6. The maximum absolute atomic E-state index is 11.3. The highest BCUT2D eigenvalue weighted by Gasteiger charge is 2.30. The minimum Gasteiger partial charge on any atom is -0.481 e. The maximum atomic E-state index is 11.3. The Morgan fingerprint density at radius 1 is 1.38 bits per heavy atom. The van der Waals surface area contributed by atoms with E-state index in [4.69, 9.17) is 0 Å². The van der Waals surface area contributed by atoms with Crippen molar-refractivity contribution in [3.63, 3.8) is 0 Å². The number of nitrogens with one attached hydrogen (secondary N) is 1. The predicted octanol–water partition coefficient (Wildman–Crippen LogP) is 3.99. The molecule has 0 aliphatic heterocycles. The number of carboxylic acid groups (broad SMARTS) is 1. The molecule has 5 heteroatoms. The van der Waals surface area contributed by atoms with Crippen molar-refractivity contribution in [1.82, 2.24) is 4.98 Å².